The first kappa shape index (κ1) is 22.7. The van der Waals surface area contributed by atoms with E-state index in [9.17, 15) is 4.79 Å². The highest BCUT2D eigenvalue weighted by Crippen LogP contribution is 2.25. The Balaban J connectivity index is 1.55. The molecule has 0 atom stereocenters. The van der Waals surface area contributed by atoms with Crippen molar-refractivity contribution in [3.05, 3.63) is 66.4 Å². The van der Waals surface area contributed by atoms with Gasteiger partial charge in [-0.05, 0) is 18.6 Å². The van der Waals surface area contributed by atoms with Gasteiger partial charge in [0.05, 0.1) is 17.8 Å². The van der Waals surface area contributed by atoms with Crippen LogP contribution in [0.1, 0.15) is 64.0 Å². The van der Waals surface area contributed by atoms with Gasteiger partial charge in [0.2, 0.25) is 5.91 Å². The molecule has 0 aliphatic carbocycles. The highest BCUT2D eigenvalue weighted by atomic mass is 16.1. The molecule has 1 heterocycles. The van der Waals surface area contributed by atoms with Crippen LogP contribution in [0.4, 0.5) is 0 Å². The molecular weight excluding hydrogens is 384 g/mol. The molecule has 3 aromatic rings. The highest BCUT2D eigenvalue weighted by Gasteiger charge is 2.18. The standard InChI is InChI=1S/C26H34N4O/c1-2-3-4-5-6-7-8-15-20-27-25(31)21-24-26(22-16-11-9-12-17-22)30(29-28-24)23-18-13-10-14-19-23/h9-14,16-19H,2-8,15,20-21H2,1H3,(H,27,31). The molecule has 3 rings (SSSR count). The number of rotatable bonds is 13. The lowest BCUT2D eigenvalue weighted by molar-refractivity contribution is -0.120. The van der Waals surface area contributed by atoms with E-state index in [1.165, 1.54) is 44.9 Å². The third-order valence-electron chi connectivity index (χ3n) is 5.47. The zero-order valence-electron chi connectivity index (χ0n) is 18.6. The van der Waals surface area contributed by atoms with Crippen LogP contribution in [-0.2, 0) is 11.2 Å². The van der Waals surface area contributed by atoms with E-state index in [2.05, 4.69) is 22.6 Å². The summed E-state index contributed by atoms with van der Waals surface area (Å²) in [5, 5.41) is 11.8. The first-order valence-electron chi connectivity index (χ1n) is 11.6. The molecule has 0 radical (unpaired) electrons. The van der Waals surface area contributed by atoms with Crippen molar-refractivity contribution in [3.63, 3.8) is 0 Å². The molecule has 0 saturated heterocycles. The molecule has 0 unspecified atom stereocenters. The molecule has 2 aromatic carbocycles. The zero-order valence-corrected chi connectivity index (χ0v) is 18.6. The van der Waals surface area contributed by atoms with Crippen LogP contribution in [0.25, 0.3) is 16.9 Å². The van der Waals surface area contributed by atoms with Gasteiger partial charge in [-0.3, -0.25) is 4.79 Å². The van der Waals surface area contributed by atoms with Crippen LogP contribution in [0.5, 0.6) is 0 Å². The second kappa shape index (κ2) is 12.7. The summed E-state index contributed by atoms with van der Waals surface area (Å²) in [6.07, 6.45) is 10.3. The average Bonchev–Trinajstić information content (AvgIpc) is 3.22. The molecule has 164 valence electrons. The zero-order chi connectivity index (χ0) is 21.7. The van der Waals surface area contributed by atoms with E-state index in [1.807, 2.05) is 65.3 Å². The number of nitrogens with zero attached hydrogens (tertiary/aromatic N) is 3. The molecule has 5 nitrogen and oxygen atoms in total. The maximum Gasteiger partial charge on any atom is 0.226 e. The Bertz CT molecular complexity index is 906. The lowest BCUT2D eigenvalue weighted by Gasteiger charge is -2.09. The fourth-order valence-corrected chi connectivity index (χ4v) is 3.77. The minimum absolute atomic E-state index is 0.000221. The average molecular weight is 419 g/mol. The molecule has 1 N–H and O–H groups in total. The second-order valence-corrected chi connectivity index (χ2v) is 8.00. The number of carbonyl (C=O) groups excluding carboxylic acids is 1. The normalized spacial score (nSPS) is 10.9. The summed E-state index contributed by atoms with van der Waals surface area (Å²) in [5.74, 6) is 0.000221. The number of carbonyl (C=O) groups is 1. The Morgan fingerprint density at radius 2 is 1.45 bits per heavy atom. The Kier molecular flexibility index (Phi) is 9.30. The molecule has 0 fully saturated rings. The number of amides is 1. The molecular formula is C26H34N4O. The number of nitrogens with one attached hydrogen (secondary N) is 1. The second-order valence-electron chi connectivity index (χ2n) is 8.00. The monoisotopic (exact) mass is 418 g/mol. The van der Waals surface area contributed by atoms with Crippen molar-refractivity contribution in [2.24, 2.45) is 0 Å². The summed E-state index contributed by atoms with van der Waals surface area (Å²) in [5.41, 5.74) is 3.50. The van der Waals surface area contributed by atoms with Gasteiger partial charge in [0.25, 0.3) is 0 Å². The molecule has 1 amide bonds. The van der Waals surface area contributed by atoms with E-state index in [-0.39, 0.29) is 12.3 Å². The maximum atomic E-state index is 12.6. The maximum absolute atomic E-state index is 12.6. The predicted molar refractivity (Wildman–Crippen MR) is 126 cm³/mol. The van der Waals surface area contributed by atoms with Gasteiger partial charge in [0.15, 0.2) is 0 Å². The summed E-state index contributed by atoms with van der Waals surface area (Å²) >= 11 is 0. The smallest absolute Gasteiger partial charge is 0.226 e. The van der Waals surface area contributed by atoms with Crippen molar-refractivity contribution in [2.75, 3.05) is 6.54 Å². The van der Waals surface area contributed by atoms with Crippen LogP contribution in [0.2, 0.25) is 0 Å². The number of hydrogen-bond acceptors (Lipinski definition) is 3. The van der Waals surface area contributed by atoms with E-state index in [0.29, 0.717) is 5.69 Å². The number of hydrogen-bond donors (Lipinski definition) is 1. The van der Waals surface area contributed by atoms with Gasteiger partial charge >= 0.3 is 0 Å². The SMILES string of the molecule is CCCCCCCCCCNC(=O)Cc1nnn(-c2ccccc2)c1-c1ccccc1. The van der Waals surface area contributed by atoms with Crippen LogP contribution in [0.3, 0.4) is 0 Å². The number of aromatic nitrogens is 3. The third-order valence-corrected chi connectivity index (χ3v) is 5.47. The van der Waals surface area contributed by atoms with Crippen LogP contribution in [0, 0.1) is 0 Å². The van der Waals surface area contributed by atoms with E-state index in [4.69, 9.17) is 0 Å². The van der Waals surface area contributed by atoms with Gasteiger partial charge < -0.3 is 5.32 Å². The van der Waals surface area contributed by atoms with E-state index in [0.717, 1.165) is 29.9 Å². The van der Waals surface area contributed by atoms with Crippen LogP contribution >= 0.6 is 0 Å². The Hall–Kier alpha value is -2.95. The third kappa shape index (κ3) is 7.06. The molecule has 0 aliphatic heterocycles. The van der Waals surface area contributed by atoms with Crippen molar-refractivity contribution in [1.29, 1.82) is 0 Å². The van der Waals surface area contributed by atoms with Crippen LogP contribution in [-0.4, -0.2) is 27.4 Å². The molecule has 0 spiro atoms. The molecule has 1 aromatic heterocycles. The number of para-hydroxylation sites is 1. The highest BCUT2D eigenvalue weighted by molar-refractivity contribution is 5.80. The van der Waals surface area contributed by atoms with Crippen molar-refractivity contribution >= 4 is 5.91 Å². The Labute approximate surface area is 185 Å². The minimum Gasteiger partial charge on any atom is -0.356 e. The van der Waals surface area contributed by atoms with E-state index < -0.39 is 0 Å². The predicted octanol–water partition coefficient (Wildman–Crippen LogP) is 5.73. The lowest BCUT2D eigenvalue weighted by atomic mass is 10.1. The summed E-state index contributed by atoms with van der Waals surface area (Å²) in [4.78, 5) is 12.6. The number of benzene rings is 2. The topological polar surface area (TPSA) is 59.8 Å². The van der Waals surface area contributed by atoms with E-state index in [1.54, 1.807) is 0 Å². The summed E-state index contributed by atoms with van der Waals surface area (Å²) < 4.78 is 1.82. The molecule has 0 aliphatic rings. The minimum atomic E-state index is 0.000221. The van der Waals surface area contributed by atoms with Gasteiger partial charge in [-0.25, -0.2) is 4.68 Å². The molecule has 31 heavy (non-hydrogen) atoms. The van der Waals surface area contributed by atoms with Crippen LogP contribution < -0.4 is 5.32 Å². The first-order chi connectivity index (χ1) is 15.3. The molecule has 5 heteroatoms. The fourth-order valence-electron chi connectivity index (χ4n) is 3.77. The number of unbranched alkanes of at least 4 members (excludes halogenated alkanes) is 7. The lowest BCUT2D eigenvalue weighted by Crippen LogP contribution is -2.26. The van der Waals surface area contributed by atoms with E-state index >= 15 is 0 Å². The van der Waals surface area contributed by atoms with Crippen molar-refractivity contribution < 1.29 is 4.79 Å². The molecule has 0 bridgehead atoms. The summed E-state index contributed by atoms with van der Waals surface area (Å²) in [6, 6.07) is 19.9. The summed E-state index contributed by atoms with van der Waals surface area (Å²) in [6.45, 7) is 2.97. The Morgan fingerprint density at radius 3 is 2.13 bits per heavy atom. The van der Waals surface area contributed by atoms with Gasteiger partial charge in [-0.1, -0.05) is 106 Å². The first-order valence-corrected chi connectivity index (χ1v) is 11.6. The van der Waals surface area contributed by atoms with Crippen LogP contribution in [0.15, 0.2) is 60.7 Å². The Morgan fingerprint density at radius 1 is 0.839 bits per heavy atom. The van der Waals surface area contributed by atoms with Gasteiger partial charge in [0, 0.05) is 12.1 Å². The van der Waals surface area contributed by atoms with Crippen molar-refractivity contribution in [2.45, 2.75) is 64.7 Å². The van der Waals surface area contributed by atoms with Gasteiger partial charge in [-0.2, -0.15) is 0 Å². The molecule has 0 saturated carbocycles. The van der Waals surface area contributed by atoms with Gasteiger partial charge in [0.1, 0.15) is 5.69 Å². The summed E-state index contributed by atoms with van der Waals surface area (Å²) in [7, 11) is 0. The largest absolute Gasteiger partial charge is 0.356 e. The van der Waals surface area contributed by atoms with Crippen molar-refractivity contribution in [3.8, 4) is 16.9 Å². The van der Waals surface area contributed by atoms with Crippen molar-refractivity contribution in [1.82, 2.24) is 20.3 Å². The van der Waals surface area contributed by atoms with Gasteiger partial charge in [-0.15, -0.1) is 5.10 Å². The quantitative estimate of drug-likeness (QED) is 0.360. The fraction of sp³-hybridized carbons (Fsp3) is 0.423.